The van der Waals surface area contributed by atoms with Crippen LogP contribution in [0.3, 0.4) is 0 Å². The minimum Gasteiger partial charge on any atom is -0.358 e. The number of H-pyrrole nitrogens is 1. The molecule has 1 saturated heterocycles. The number of benzene rings is 1. The van der Waals surface area contributed by atoms with Gasteiger partial charge in [0.1, 0.15) is 5.82 Å². The molecular weight excluding hydrogens is 410 g/mol. The van der Waals surface area contributed by atoms with E-state index in [1.54, 1.807) is 0 Å². The van der Waals surface area contributed by atoms with E-state index in [-0.39, 0.29) is 5.56 Å². The SMILES string of the molecule is CN(C)C1CCN(c2cc3c(Br)cc(Br)cc3c(=O)[nH]2)CC1. The number of anilines is 1. The smallest absolute Gasteiger partial charge is 0.257 e. The number of piperidine rings is 1. The lowest BCUT2D eigenvalue weighted by Gasteiger charge is -2.36. The Bertz CT molecular complexity index is 749. The van der Waals surface area contributed by atoms with E-state index in [1.807, 2.05) is 12.1 Å². The summed E-state index contributed by atoms with van der Waals surface area (Å²) < 4.78 is 1.84. The fourth-order valence-corrected chi connectivity index (χ4v) is 4.41. The molecule has 1 aliphatic rings. The normalized spacial score (nSPS) is 16.7. The molecular formula is C16H19Br2N3O. The molecule has 0 amide bonds. The lowest BCUT2D eigenvalue weighted by Crippen LogP contribution is -2.42. The minimum atomic E-state index is -0.0377. The van der Waals surface area contributed by atoms with Crippen molar-refractivity contribution in [3.63, 3.8) is 0 Å². The van der Waals surface area contributed by atoms with E-state index >= 15 is 0 Å². The van der Waals surface area contributed by atoms with Gasteiger partial charge >= 0.3 is 0 Å². The van der Waals surface area contributed by atoms with Crippen LogP contribution in [0.2, 0.25) is 0 Å². The van der Waals surface area contributed by atoms with E-state index in [1.165, 1.54) is 0 Å². The van der Waals surface area contributed by atoms with Gasteiger partial charge in [-0.15, -0.1) is 0 Å². The molecule has 0 bridgehead atoms. The second-order valence-electron chi connectivity index (χ2n) is 6.01. The van der Waals surface area contributed by atoms with Crippen molar-refractivity contribution < 1.29 is 0 Å². The van der Waals surface area contributed by atoms with Crippen LogP contribution in [-0.4, -0.2) is 43.1 Å². The van der Waals surface area contributed by atoms with E-state index < -0.39 is 0 Å². The van der Waals surface area contributed by atoms with E-state index in [0.717, 1.165) is 46.1 Å². The summed E-state index contributed by atoms with van der Waals surface area (Å²) in [6, 6.07) is 6.54. The molecule has 0 unspecified atom stereocenters. The van der Waals surface area contributed by atoms with Gasteiger partial charge in [0, 0.05) is 38.8 Å². The maximum atomic E-state index is 12.4. The fraction of sp³-hybridized carbons (Fsp3) is 0.438. The molecule has 0 radical (unpaired) electrons. The van der Waals surface area contributed by atoms with Crippen molar-refractivity contribution in [1.82, 2.24) is 9.88 Å². The third-order valence-corrected chi connectivity index (χ3v) is 5.51. The zero-order valence-corrected chi connectivity index (χ0v) is 15.9. The molecule has 1 N–H and O–H groups in total. The number of pyridine rings is 1. The molecule has 118 valence electrons. The van der Waals surface area contributed by atoms with Crippen LogP contribution in [0.15, 0.2) is 31.9 Å². The maximum Gasteiger partial charge on any atom is 0.257 e. The van der Waals surface area contributed by atoms with Crippen molar-refractivity contribution in [3.8, 4) is 0 Å². The van der Waals surface area contributed by atoms with Gasteiger partial charge in [-0.3, -0.25) is 4.79 Å². The molecule has 0 spiro atoms. The van der Waals surface area contributed by atoms with Gasteiger partial charge in [-0.2, -0.15) is 0 Å². The molecule has 4 nitrogen and oxygen atoms in total. The van der Waals surface area contributed by atoms with Gasteiger partial charge < -0.3 is 14.8 Å². The van der Waals surface area contributed by atoms with Gasteiger partial charge in [-0.25, -0.2) is 0 Å². The van der Waals surface area contributed by atoms with Gasteiger partial charge in [0.2, 0.25) is 0 Å². The Morgan fingerprint density at radius 3 is 2.45 bits per heavy atom. The Labute approximate surface area is 146 Å². The third-order valence-electron chi connectivity index (χ3n) is 4.40. The summed E-state index contributed by atoms with van der Waals surface area (Å²) in [5.74, 6) is 0.915. The van der Waals surface area contributed by atoms with Crippen LogP contribution in [0.25, 0.3) is 10.8 Å². The van der Waals surface area contributed by atoms with Crippen LogP contribution in [-0.2, 0) is 0 Å². The molecule has 1 fully saturated rings. The van der Waals surface area contributed by atoms with Crippen LogP contribution in [0, 0.1) is 0 Å². The summed E-state index contributed by atoms with van der Waals surface area (Å²) in [6.45, 7) is 1.94. The number of hydrogen-bond acceptors (Lipinski definition) is 3. The highest BCUT2D eigenvalue weighted by Crippen LogP contribution is 2.29. The first-order valence-corrected chi connectivity index (χ1v) is 8.98. The zero-order chi connectivity index (χ0) is 15.9. The highest BCUT2D eigenvalue weighted by molar-refractivity contribution is 9.11. The van der Waals surface area contributed by atoms with Crippen molar-refractivity contribution in [1.29, 1.82) is 0 Å². The molecule has 1 aromatic carbocycles. The average Bonchev–Trinajstić information content (AvgIpc) is 2.48. The lowest BCUT2D eigenvalue weighted by atomic mass is 10.0. The molecule has 22 heavy (non-hydrogen) atoms. The van der Waals surface area contributed by atoms with Crippen LogP contribution in [0.5, 0.6) is 0 Å². The van der Waals surface area contributed by atoms with Crippen molar-refractivity contribution in [2.45, 2.75) is 18.9 Å². The first-order valence-electron chi connectivity index (χ1n) is 7.39. The summed E-state index contributed by atoms with van der Waals surface area (Å²) in [7, 11) is 4.26. The maximum absolute atomic E-state index is 12.4. The van der Waals surface area contributed by atoms with Crippen molar-refractivity contribution in [2.24, 2.45) is 0 Å². The standard InChI is InChI=1S/C16H19Br2N3O/c1-20(2)11-3-5-21(6-4-11)15-9-12-13(16(22)19-15)7-10(17)8-14(12)18/h7-9,11H,3-6H2,1-2H3,(H,19,22). The Morgan fingerprint density at radius 1 is 1.14 bits per heavy atom. The summed E-state index contributed by atoms with van der Waals surface area (Å²) in [5, 5.41) is 1.66. The van der Waals surface area contributed by atoms with E-state index in [0.29, 0.717) is 11.4 Å². The topological polar surface area (TPSA) is 39.3 Å². The largest absolute Gasteiger partial charge is 0.358 e. The van der Waals surface area contributed by atoms with Gasteiger partial charge in [0.25, 0.3) is 5.56 Å². The highest BCUT2D eigenvalue weighted by Gasteiger charge is 2.21. The second-order valence-corrected chi connectivity index (χ2v) is 7.78. The zero-order valence-electron chi connectivity index (χ0n) is 12.7. The van der Waals surface area contributed by atoms with Gasteiger partial charge in [0.05, 0.1) is 0 Å². The van der Waals surface area contributed by atoms with E-state index in [4.69, 9.17) is 0 Å². The molecule has 1 aromatic heterocycles. The predicted molar refractivity (Wildman–Crippen MR) is 98.9 cm³/mol. The Hall–Kier alpha value is -0.850. The van der Waals surface area contributed by atoms with Crippen LogP contribution >= 0.6 is 31.9 Å². The quantitative estimate of drug-likeness (QED) is 0.794. The number of nitrogens with zero attached hydrogens (tertiary/aromatic N) is 2. The second kappa shape index (κ2) is 6.34. The minimum absolute atomic E-state index is 0.0377. The lowest BCUT2D eigenvalue weighted by molar-refractivity contribution is 0.249. The number of nitrogens with one attached hydrogen (secondary N) is 1. The van der Waals surface area contributed by atoms with Crippen molar-refractivity contribution in [2.75, 3.05) is 32.1 Å². The summed E-state index contributed by atoms with van der Waals surface area (Å²) in [4.78, 5) is 20.0. The van der Waals surface area contributed by atoms with Crippen molar-refractivity contribution >= 4 is 48.5 Å². The molecule has 0 saturated carbocycles. The molecule has 0 aliphatic carbocycles. The van der Waals surface area contributed by atoms with Crippen molar-refractivity contribution in [3.05, 3.63) is 37.5 Å². The van der Waals surface area contributed by atoms with E-state index in [9.17, 15) is 4.79 Å². The molecule has 3 rings (SSSR count). The van der Waals surface area contributed by atoms with Gasteiger partial charge in [0.15, 0.2) is 0 Å². The highest BCUT2D eigenvalue weighted by atomic mass is 79.9. The van der Waals surface area contributed by atoms with Crippen LogP contribution in [0.1, 0.15) is 12.8 Å². The number of hydrogen-bond donors (Lipinski definition) is 1. The number of aromatic amines is 1. The Kier molecular flexibility index (Phi) is 4.61. The molecule has 0 atom stereocenters. The Morgan fingerprint density at radius 2 is 1.82 bits per heavy atom. The molecule has 1 aliphatic heterocycles. The number of aromatic nitrogens is 1. The fourth-order valence-electron chi connectivity index (χ4n) is 3.07. The van der Waals surface area contributed by atoms with E-state index in [2.05, 4.69) is 66.8 Å². The first kappa shape index (κ1) is 16.0. The number of fused-ring (bicyclic) bond motifs is 1. The number of halogens is 2. The van der Waals surface area contributed by atoms with Gasteiger partial charge in [-0.1, -0.05) is 31.9 Å². The molecule has 2 aromatic rings. The first-order chi connectivity index (χ1) is 10.5. The number of rotatable bonds is 2. The molecule has 6 heteroatoms. The summed E-state index contributed by atoms with van der Waals surface area (Å²) in [6.07, 6.45) is 2.24. The Balaban J connectivity index is 1.94. The summed E-state index contributed by atoms with van der Waals surface area (Å²) >= 11 is 7.00. The molecule has 2 heterocycles. The van der Waals surface area contributed by atoms with Crippen LogP contribution < -0.4 is 10.5 Å². The monoisotopic (exact) mass is 427 g/mol. The van der Waals surface area contributed by atoms with Crippen LogP contribution in [0.4, 0.5) is 5.82 Å². The average molecular weight is 429 g/mol. The third kappa shape index (κ3) is 3.09. The van der Waals surface area contributed by atoms with Gasteiger partial charge in [-0.05, 0) is 45.1 Å². The summed E-state index contributed by atoms with van der Waals surface area (Å²) in [5.41, 5.74) is -0.0377. The predicted octanol–water partition coefficient (Wildman–Crippen LogP) is 3.58.